The van der Waals surface area contributed by atoms with Gasteiger partial charge in [-0.15, -0.1) is 0 Å². The Morgan fingerprint density at radius 1 is 0.938 bits per heavy atom. The Hall–Kier alpha value is -3.35. The van der Waals surface area contributed by atoms with Gasteiger partial charge >= 0.3 is 0 Å². The van der Waals surface area contributed by atoms with Crippen molar-refractivity contribution in [1.29, 1.82) is 0 Å². The van der Waals surface area contributed by atoms with E-state index in [1.807, 2.05) is 54.6 Å². The monoisotopic (exact) mass is 432 g/mol. The lowest BCUT2D eigenvalue weighted by atomic mass is 10.0. The molecule has 1 N–H and O–H groups in total. The SMILES string of the molecule is COc1ccc(C(CNC(=O)c2cccc(Oc3ccccc3)c2)N2CCOCC2)cc1. The standard InChI is InChI=1S/C26H28N2O4/c1-30-22-12-10-20(11-13-22)25(28-14-16-31-17-15-28)19-27-26(29)21-6-5-9-24(18-21)32-23-7-3-2-4-8-23/h2-13,18,25H,14-17,19H2,1H3,(H,27,29). The lowest BCUT2D eigenvalue weighted by molar-refractivity contribution is 0.0162. The first-order valence-corrected chi connectivity index (χ1v) is 10.8. The van der Waals surface area contributed by atoms with Crippen LogP contribution in [0.1, 0.15) is 22.0 Å². The molecule has 3 aromatic rings. The molecule has 1 aliphatic rings. The molecular weight excluding hydrogens is 404 g/mol. The van der Waals surface area contributed by atoms with E-state index in [9.17, 15) is 4.79 Å². The molecule has 0 spiro atoms. The van der Waals surface area contributed by atoms with Crippen molar-refractivity contribution in [2.24, 2.45) is 0 Å². The van der Waals surface area contributed by atoms with Gasteiger partial charge in [0.1, 0.15) is 17.2 Å². The number of morpholine rings is 1. The predicted molar refractivity (Wildman–Crippen MR) is 123 cm³/mol. The zero-order valence-corrected chi connectivity index (χ0v) is 18.2. The molecule has 32 heavy (non-hydrogen) atoms. The third kappa shape index (κ3) is 5.66. The number of para-hydroxylation sites is 1. The van der Waals surface area contributed by atoms with Crippen molar-refractivity contribution < 1.29 is 19.0 Å². The minimum absolute atomic E-state index is 0.0532. The van der Waals surface area contributed by atoms with Crippen molar-refractivity contribution >= 4 is 5.91 Å². The second-order valence-corrected chi connectivity index (χ2v) is 7.59. The Balaban J connectivity index is 1.45. The van der Waals surface area contributed by atoms with E-state index < -0.39 is 0 Å². The Kier molecular flexibility index (Phi) is 7.38. The summed E-state index contributed by atoms with van der Waals surface area (Å²) in [6.07, 6.45) is 0. The van der Waals surface area contributed by atoms with Gasteiger partial charge in [-0.05, 0) is 48.0 Å². The molecule has 1 unspecified atom stereocenters. The molecule has 3 aromatic carbocycles. The summed E-state index contributed by atoms with van der Waals surface area (Å²) in [6, 6.07) is 24.8. The highest BCUT2D eigenvalue weighted by Gasteiger charge is 2.23. The van der Waals surface area contributed by atoms with E-state index >= 15 is 0 Å². The number of benzene rings is 3. The number of nitrogens with zero attached hydrogens (tertiary/aromatic N) is 1. The summed E-state index contributed by atoms with van der Waals surface area (Å²) < 4.78 is 16.7. The molecule has 166 valence electrons. The number of methoxy groups -OCH3 is 1. The Morgan fingerprint density at radius 2 is 1.66 bits per heavy atom. The van der Waals surface area contributed by atoms with Gasteiger partial charge in [-0.2, -0.15) is 0 Å². The molecule has 6 heteroatoms. The summed E-state index contributed by atoms with van der Waals surface area (Å²) in [5.74, 6) is 2.05. The van der Waals surface area contributed by atoms with E-state index in [-0.39, 0.29) is 11.9 Å². The largest absolute Gasteiger partial charge is 0.497 e. The maximum atomic E-state index is 12.9. The fourth-order valence-electron chi connectivity index (χ4n) is 3.79. The lowest BCUT2D eigenvalue weighted by Gasteiger charge is -2.35. The highest BCUT2D eigenvalue weighted by Crippen LogP contribution is 2.25. The maximum Gasteiger partial charge on any atom is 0.251 e. The molecule has 0 bridgehead atoms. The second-order valence-electron chi connectivity index (χ2n) is 7.59. The van der Waals surface area contributed by atoms with Crippen LogP contribution in [-0.4, -0.2) is 50.8 Å². The van der Waals surface area contributed by atoms with Crippen LogP contribution >= 0.6 is 0 Å². The molecule has 0 saturated carbocycles. The van der Waals surface area contributed by atoms with Gasteiger partial charge in [-0.3, -0.25) is 9.69 Å². The summed E-state index contributed by atoms with van der Waals surface area (Å²) in [4.78, 5) is 15.3. The third-order valence-electron chi connectivity index (χ3n) is 5.52. The summed E-state index contributed by atoms with van der Waals surface area (Å²) in [5, 5.41) is 3.11. The van der Waals surface area contributed by atoms with Crippen LogP contribution in [0.15, 0.2) is 78.9 Å². The number of carbonyl (C=O) groups is 1. The molecule has 1 atom stereocenters. The van der Waals surface area contributed by atoms with Crippen molar-refractivity contribution in [3.8, 4) is 17.2 Å². The molecule has 4 rings (SSSR count). The summed E-state index contributed by atoms with van der Waals surface area (Å²) in [7, 11) is 1.66. The van der Waals surface area contributed by atoms with E-state index in [0.717, 1.165) is 30.2 Å². The fourth-order valence-corrected chi connectivity index (χ4v) is 3.79. The van der Waals surface area contributed by atoms with Crippen LogP contribution in [0, 0.1) is 0 Å². The average Bonchev–Trinajstić information content (AvgIpc) is 2.86. The molecule has 1 fully saturated rings. The zero-order valence-electron chi connectivity index (χ0n) is 18.2. The smallest absolute Gasteiger partial charge is 0.251 e. The van der Waals surface area contributed by atoms with Crippen LogP contribution in [0.2, 0.25) is 0 Å². The average molecular weight is 433 g/mol. The van der Waals surface area contributed by atoms with Crippen molar-refractivity contribution in [2.75, 3.05) is 40.0 Å². The molecule has 1 amide bonds. The van der Waals surface area contributed by atoms with Crippen LogP contribution in [0.25, 0.3) is 0 Å². The van der Waals surface area contributed by atoms with Gasteiger partial charge in [0.05, 0.1) is 26.4 Å². The lowest BCUT2D eigenvalue weighted by Crippen LogP contribution is -2.43. The van der Waals surface area contributed by atoms with Gasteiger partial charge in [0.2, 0.25) is 0 Å². The van der Waals surface area contributed by atoms with Crippen molar-refractivity contribution in [1.82, 2.24) is 10.2 Å². The second kappa shape index (κ2) is 10.8. The topological polar surface area (TPSA) is 60.0 Å². The Morgan fingerprint density at radius 3 is 2.38 bits per heavy atom. The third-order valence-corrected chi connectivity index (χ3v) is 5.52. The van der Waals surface area contributed by atoms with Crippen LogP contribution < -0.4 is 14.8 Å². The molecule has 0 aliphatic carbocycles. The van der Waals surface area contributed by atoms with E-state index in [1.165, 1.54) is 0 Å². The van der Waals surface area contributed by atoms with E-state index in [0.29, 0.717) is 31.1 Å². The minimum atomic E-state index is -0.129. The normalized spacial score (nSPS) is 15.0. The molecule has 6 nitrogen and oxygen atoms in total. The van der Waals surface area contributed by atoms with Crippen LogP contribution in [0.3, 0.4) is 0 Å². The summed E-state index contributed by atoms with van der Waals surface area (Å²) >= 11 is 0. The van der Waals surface area contributed by atoms with Gasteiger partial charge in [-0.25, -0.2) is 0 Å². The van der Waals surface area contributed by atoms with Gasteiger partial charge in [0, 0.05) is 25.2 Å². The number of carbonyl (C=O) groups excluding carboxylic acids is 1. The molecule has 0 radical (unpaired) electrons. The van der Waals surface area contributed by atoms with E-state index in [2.05, 4.69) is 22.3 Å². The number of hydrogen-bond acceptors (Lipinski definition) is 5. The fraction of sp³-hybridized carbons (Fsp3) is 0.269. The summed E-state index contributed by atoms with van der Waals surface area (Å²) in [6.45, 7) is 3.54. The summed E-state index contributed by atoms with van der Waals surface area (Å²) in [5.41, 5.74) is 1.70. The van der Waals surface area contributed by atoms with E-state index in [4.69, 9.17) is 14.2 Å². The highest BCUT2D eigenvalue weighted by atomic mass is 16.5. The number of ether oxygens (including phenoxy) is 3. The van der Waals surface area contributed by atoms with Crippen molar-refractivity contribution in [2.45, 2.75) is 6.04 Å². The molecule has 1 aliphatic heterocycles. The number of hydrogen-bond donors (Lipinski definition) is 1. The van der Waals surface area contributed by atoms with Crippen molar-refractivity contribution in [3.05, 3.63) is 90.0 Å². The van der Waals surface area contributed by atoms with Gasteiger partial charge in [-0.1, -0.05) is 36.4 Å². The van der Waals surface area contributed by atoms with Crippen molar-refractivity contribution in [3.63, 3.8) is 0 Å². The maximum absolute atomic E-state index is 12.9. The van der Waals surface area contributed by atoms with Gasteiger partial charge < -0.3 is 19.5 Å². The van der Waals surface area contributed by atoms with Crippen LogP contribution in [0.5, 0.6) is 17.2 Å². The minimum Gasteiger partial charge on any atom is -0.497 e. The number of rotatable bonds is 8. The van der Waals surface area contributed by atoms with Crippen LogP contribution in [-0.2, 0) is 4.74 Å². The highest BCUT2D eigenvalue weighted by molar-refractivity contribution is 5.94. The van der Waals surface area contributed by atoms with E-state index in [1.54, 1.807) is 19.2 Å². The first-order chi connectivity index (χ1) is 15.7. The molecule has 1 heterocycles. The van der Waals surface area contributed by atoms with Gasteiger partial charge in [0.15, 0.2) is 0 Å². The Labute approximate surface area is 188 Å². The van der Waals surface area contributed by atoms with Gasteiger partial charge in [0.25, 0.3) is 5.91 Å². The number of nitrogens with one attached hydrogen (secondary N) is 1. The Bertz CT molecular complexity index is 1000. The first kappa shape index (κ1) is 21.9. The molecule has 0 aromatic heterocycles. The first-order valence-electron chi connectivity index (χ1n) is 10.8. The number of amides is 1. The quantitative estimate of drug-likeness (QED) is 0.575. The van der Waals surface area contributed by atoms with Crippen LogP contribution in [0.4, 0.5) is 0 Å². The molecular formula is C26H28N2O4. The zero-order chi connectivity index (χ0) is 22.2. The predicted octanol–water partition coefficient (Wildman–Crippen LogP) is 4.29. The molecule has 1 saturated heterocycles.